The maximum atomic E-state index is 13.5. The molecule has 4 aromatic rings. The number of hydrogen-bond acceptors (Lipinski definition) is 8. The van der Waals surface area contributed by atoms with Crippen LogP contribution in [-0.4, -0.2) is 39.9 Å². The largest absolute Gasteiger partial charge is 0.507 e. The van der Waals surface area contributed by atoms with Crippen LogP contribution in [0.25, 0.3) is 11.4 Å². The molecule has 0 unspecified atom stereocenters. The second-order valence-electron chi connectivity index (χ2n) is 7.92. The summed E-state index contributed by atoms with van der Waals surface area (Å²) in [5, 5.41) is 24.2. The smallest absolute Gasteiger partial charge is 0.207 e. The number of ether oxygens (including phenoxy) is 1. The van der Waals surface area contributed by atoms with Crippen molar-refractivity contribution in [2.24, 2.45) is 0 Å². The summed E-state index contributed by atoms with van der Waals surface area (Å²) in [5.74, 6) is 0.322. The number of Topliss-reactive ketones (excluding diaryl/α,β-unsaturated/α-hetero) is 1. The van der Waals surface area contributed by atoms with Crippen LogP contribution in [0.5, 0.6) is 11.5 Å². The number of aromatic hydroxyl groups is 1. The number of carbonyl (C=O) groups is 1. The van der Waals surface area contributed by atoms with Crippen molar-refractivity contribution in [2.45, 2.75) is 43.1 Å². The third-order valence-electron chi connectivity index (χ3n) is 5.48. The highest BCUT2D eigenvalue weighted by atomic mass is 32.2. The molecule has 0 amide bonds. The molecule has 0 bridgehead atoms. The van der Waals surface area contributed by atoms with Gasteiger partial charge in [-0.3, -0.25) is 4.79 Å². The van der Waals surface area contributed by atoms with Gasteiger partial charge < -0.3 is 9.84 Å². The zero-order chi connectivity index (χ0) is 25.0. The molecule has 0 saturated carbocycles. The molecule has 1 heterocycles. The molecule has 1 aromatic heterocycles. The molecule has 180 valence electrons. The lowest BCUT2D eigenvalue weighted by atomic mass is 10.0. The Morgan fingerprint density at radius 3 is 2.60 bits per heavy atom. The molecule has 0 atom stereocenters. The third kappa shape index (κ3) is 4.92. The maximum Gasteiger partial charge on any atom is 0.207 e. The number of aromatic nitrogens is 4. The normalized spacial score (nSPS) is 11.4. The number of aromatic amines is 1. The highest BCUT2D eigenvalue weighted by molar-refractivity contribution is 7.91. The monoisotopic (exact) mass is 492 g/mol. The van der Waals surface area contributed by atoms with Crippen LogP contribution in [0.2, 0.25) is 0 Å². The van der Waals surface area contributed by atoms with Gasteiger partial charge in [0, 0.05) is 11.1 Å². The number of benzene rings is 3. The molecule has 4 rings (SSSR count). The topological polar surface area (TPSA) is 135 Å². The average molecular weight is 493 g/mol. The molecular weight excluding hydrogens is 468 g/mol. The predicted octanol–water partition coefficient (Wildman–Crippen LogP) is 4.14. The Morgan fingerprint density at radius 2 is 1.89 bits per heavy atom. The van der Waals surface area contributed by atoms with E-state index in [2.05, 4.69) is 20.6 Å². The van der Waals surface area contributed by atoms with E-state index in [0.717, 1.165) is 6.42 Å². The lowest BCUT2D eigenvalue weighted by Gasteiger charge is -2.15. The van der Waals surface area contributed by atoms with Crippen LogP contribution < -0.4 is 4.74 Å². The zero-order valence-corrected chi connectivity index (χ0v) is 20.0. The van der Waals surface area contributed by atoms with Crippen LogP contribution in [0.3, 0.4) is 0 Å². The lowest BCUT2D eigenvalue weighted by Crippen LogP contribution is -2.06. The molecule has 0 saturated heterocycles. The Bertz CT molecular complexity index is 1470. The number of carbonyl (C=O) groups excluding carboxylic acids is 1. The highest BCUT2D eigenvalue weighted by Crippen LogP contribution is 2.34. The minimum Gasteiger partial charge on any atom is -0.507 e. The molecule has 35 heavy (non-hydrogen) atoms. The van der Waals surface area contributed by atoms with Gasteiger partial charge in [-0.25, -0.2) is 8.42 Å². The van der Waals surface area contributed by atoms with E-state index in [1.807, 2.05) is 6.92 Å². The fourth-order valence-corrected chi connectivity index (χ4v) is 5.31. The van der Waals surface area contributed by atoms with Gasteiger partial charge in [-0.15, -0.1) is 10.2 Å². The Hall–Kier alpha value is -4.05. The number of phenols is 1. The van der Waals surface area contributed by atoms with Gasteiger partial charge in [-0.2, -0.15) is 5.21 Å². The predicted molar refractivity (Wildman–Crippen MR) is 128 cm³/mol. The van der Waals surface area contributed by atoms with E-state index in [0.29, 0.717) is 28.9 Å². The zero-order valence-electron chi connectivity index (χ0n) is 19.2. The molecule has 0 radical (unpaired) electrons. The van der Waals surface area contributed by atoms with Gasteiger partial charge in [0.05, 0.1) is 15.4 Å². The van der Waals surface area contributed by atoms with Gasteiger partial charge in [0.1, 0.15) is 18.1 Å². The Morgan fingerprint density at radius 1 is 1.09 bits per heavy atom. The van der Waals surface area contributed by atoms with E-state index in [1.165, 1.54) is 25.1 Å². The summed E-state index contributed by atoms with van der Waals surface area (Å²) in [7, 11) is -3.89. The molecule has 0 aliphatic carbocycles. The first-order chi connectivity index (χ1) is 16.8. The molecule has 3 aromatic carbocycles. The number of rotatable bonds is 9. The van der Waals surface area contributed by atoms with Gasteiger partial charge in [0.15, 0.2) is 5.78 Å². The summed E-state index contributed by atoms with van der Waals surface area (Å²) in [5.41, 5.74) is 1.76. The number of sulfone groups is 1. The van der Waals surface area contributed by atoms with E-state index < -0.39 is 9.84 Å². The second kappa shape index (κ2) is 10.1. The minimum atomic E-state index is -3.89. The van der Waals surface area contributed by atoms with Crippen molar-refractivity contribution in [2.75, 3.05) is 0 Å². The Balaban J connectivity index is 1.63. The van der Waals surface area contributed by atoms with E-state index >= 15 is 0 Å². The fourth-order valence-electron chi connectivity index (χ4n) is 3.78. The molecule has 0 aliphatic heterocycles. The number of H-pyrrole nitrogens is 1. The first kappa shape index (κ1) is 24.1. The lowest BCUT2D eigenvalue weighted by molar-refractivity contribution is 0.101. The SMILES string of the molecule is CCCc1c(OCc2cccc(S(=O)(=O)c3ccccc3-c3nn[nH]n3)c2)ccc(C(C)=O)c1O. The molecule has 2 N–H and O–H groups in total. The van der Waals surface area contributed by atoms with Crippen LogP contribution in [0.4, 0.5) is 0 Å². The van der Waals surface area contributed by atoms with Crippen molar-refractivity contribution in [3.8, 4) is 22.9 Å². The minimum absolute atomic E-state index is 0.0643. The number of tetrazole rings is 1. The summed E-state index contributed by atoms with van der Waals surface area (Å²) in [6.07, 6.45) is 1.28. The van der Waals surface area contributed by atoms with Crippen molar-refractivity contribution in [3.63, 3.8) is 0 Å². The van der Waals surface area contributed by atoms with Gasteiger partial charge >= 0.3 is 0 Å². The second-order valence-corrected chi connectivity index (χ2v) is 9.83. The van der Waals surface area contributed by atoms with Gasteiger partial charge in [-0.1, -0.05) is 37.6 Å². The molecule has 0 spiro atoms. The first-order valence-electron chi connectivity index (χ1n) is 11.0. The van der Waals surface area contributed by atoms with Crippen molar-refractivity contribution in [1.29, 1.82) is 0 Å². The van der Waals surface area contributed by atoms with Gasteiger partial charge in [-0.05, 0) is 60.5 Å². The fraction of sp³-hybridized carbons (Fsp3) is 0.200. The Kier molecular flexibility index (Phi) is 6.92. The Labute approximate surface area is 202 Å². The van der Waals surface area contributed by atoms with Crippen LogP contribution in [0.1, 0.15) is 41.8 Å². The summed E-state index contributed by atoms with van der Waals surface area (Å²) in [4.78, 5) is 11.9. The molecular formula is C25H24N4O5S. The standard InChI is InChI=1S/C25H24N4O5S/c1-3-7-20-22(13-12-19(16(2)30)24(20)31)34-15-17-8-6-9-18(14-17)35(32,33)23-11-5-4-10-21(23)25-26-28-29-27-25/h4-6,8-14,31H,3,7,15H2,1-2H3,(H,26,27,28,29). The molecule has 0 fully saturated rings. The quantitative estimate of drug-likeness (QED) is 0.333. The summed E-state index contributed by atoms with van der Waals surface area (Å²) in [6.45, 7) is 3.43. The van der Waals surface area contributed by atoms with Crippen molar-refractivity contribution < 1.29 is 23.1 Å². The van der Waals surface area contributed by atoms with E-state index in [-0.39, 0.29) is 39.3 Å². The maximum absolute atomic E-state index is 13.5. The van der Waals surface area contributed by atoms with E-state index in [9.17, 15) is 18.3 Å². The average Bonchev–Trinajstić information content (AvgIpc) is 3.39. The van der Waals surface area contributed by atoms with E-state index in [1.54, 1.807) is 42.5 Å². The first-order valence-corrected chi connectivity index (χ1v) is 12.5. The van der Waals surface area contributed by atoms with Crippen LogP contribution in [0.15, 0.2) is 70.5 Å². The summed E-state index contributed by atoms with van der Waals surface area (Å²) in [6, 6.07) is 16.1. The summed E-state index contributed by atoms with van der Waals surface area (Å²) < 4.78 is 32.9. The molecule has 9 nitrogen and oxygen atoms in total. The molecule has 10 heteroatoms. The van der Waals surface area contributed by atoms with E-state index in [4.69, 9.17) is 4.74 Å². The highest BCUT2D eigenvalue weighted by Gasteiger charge is 2.24. The van der Waals surface area contributed by atoms with Crippen molar-refractivity contribution >= 4 is 15.6 Å². The van der Waals surface area contributed by atoms with Crippen molar-refractivity contribution in [3.05, 3.63) is 77.4 Å². The van der Waals surface area contributed by atoms with Crippen LogP contribution in [-0.2, 0) is 22.9 Å². The van der Waals surface area contributed by atoms with Gasteiger partial charge in [0.25, 0.3) is 0 Å². The summed E-state index contributed by atoms with van der Waals surface area (Å²) >= 11 is 0. The van der Waals surface area contributed by atoms with Gasteiger partial charge in [0.2, 0.25) is 15.7 Å². The third-order valence-corrected chi connectivity index (χ3v) is 7.29. The molecule has 0 aliphatic rings. The number of nitrogens with one attached hydrogen (secondary N) is 1. The van der Waals surface area contributed by atoms with Crippen LogP contribution in [0, 0.1) is 0 Å². The number of ketones is 1. The van der Waals surface area contributed by atoms with Crippen molar-refractivity contribution in [1.82, 2.24) is 20.6 Å². The van der Waals surface area contributed by atoms with Crippen LogP contribution >= 0.6 is 0 Å². The number of phenolic OH excluding ortho intramolecular Hbond substituents is 1. The number of hydrogen-bond donors (Lipinski definition) is 2. The number of nitrogens with zero attached hydrogens (tertiary/aromatic N) is 3.